The van der Waals surface area contributed by atoms with Crippen molar-refractivity contribution in [2.45, 2.75) is 0 Å². The third kappa shape index (κ3) is 109. The van der Waals surface area contributed by atoms with Gasteiger partial charge in [0.05, 0.1) is 0 Å². The van der Waals surface area contributed by atoms with Gasteiger partial charge < -0.3 is 27.4 Å². The molecule has 0 aromatic rings. The van der Waals surface area contributed by atoms with Crippen LogP contribution in [-0.4, -0.2) is 0 Å². The minimum Gasteiger partial charge on any atom is -2.00 e. The van der Waals surface area contributed by atoms with E-state index < -0.39 is 0 Å². The van der Waals surface area contributed by atoms with Crippen molar-refractivity contribution >= 4 is 0 Å². The molecule has 0 aliphatic carbocycles. The quantitative estimate of drug-likeness (QED) is 0.541. The van der Waals surface area contributed by atoms with Gasteiger partial charge in [0.2, 0.25) is 0 Å². The van der Waals surface area contributed by atoms with Gasteiger partial charge in [-0.3, -0.25) is 0 Å². The van der Waals surface area contributed by atoms with E-state index in [1.807, 2.05) is 0 Å². The van der Waals surface area contributed by atoms with Crippen LogP contribution in [0.1, 0.15) is 0 Å². The fraction of sp³-hybridized carbons (Fsp3) is 0. The molecule has 0 saturated carbocycles. The average Bonchev–Trinajstić information content (AvgIpc) is 0. The van der Waals surface area contributed by atoms with Crippen LogP contribution in [0.5, 0.6) is 0 Å². The molecule has 0 rings (SSSR count). The second-order valence-corrected chi connectivity index (χ2v) is 0. The van der Waals surface area contributed by atoms with Gasteiger partial charge in [-0.2, -0.15) is 0 Å². The van der Waals surface area contributed by atoms with E-state index in [1.165, 1.54) is 0 Å². The third-order valence-corrected chi connectivity index (χ3v) is 0. The molecule has 0 radical (unpaired) electrons. The Kier molecular flexibility index (Phi) is 2730. The van der Waals surface area contributed by atoms with E-state index in [4.69, 9.17) is 0 Å². The van der Waals surface area contributed by atoms with Crippen LogP contribution in [0.3, 0.4) is 0 Å². The minimum absolute atomic E-state index is 0. The van der Waals surface area contributed by atoms with Crippen LogP contribution in [0, 0.1) is 0 Å². The molecule has 9 heavy (non-hydrogen) atoms. The van der Waals surface area contributed by atoms with Gasteiger partial charge in [-0.15, -0.1) is 0 Å². The molecule has 0 N–H and O–H groups in total. The average molecular weight is 364 g/mol. The summed E-state index contributed by atoms with van der Waals surface area (Å²) in [7, 11) is 0. The molecule has 0 spiro atoms. The summed E-state index contributed by atoms with van der Waals surface area (Å²) in [4.78, 5) is 0. The van der Waals surface area contributed by atoms with E-state index in [0.717, 1.165) is 0 Å². The van der Waals surface area contributed by atoms with E-state index in [0.29, 0.717) is 0 Å². The molecule has 0 atom stereocenters. The van der Waals surface area contributed by atoms with Crippen molar-refractivity contribution in [3.63, 3.8) is 0 Å². The minimum atomic E-state index is 0. The van der Waals surface area contributed by atoms with Crippen molar-refractivity contribution in [3.05, 3.63) is 0 Å². The fourth-order valence-corrected chi connectivity index (χ4v) is 0. The first-order valence-corrected chi connectivity index (χ1v) is 0. The van der Waals surface area contributed by atoms with Gasteiger partial charge in [0.15, 0.2) is 0 Å². The van der Waals surface area contributed by atoms with Gasteiger partial charge in [0.25, 0.3) is 0 Å². The van der Waals surface area contributed by atoms with Gasteiger partial charge in [0, 0.05) is 52.4 Å². The summed E-state index contributed by atoms with van der Waals surface area (Å²) >= 11 is 0. The Morgan fingerprint density at radius 2 is 0.333 bits per heavy atom. The maximum atomic E-state index is 0. The van der Waals surface area contributed by atoms with Gasteiger partial charge in [-0.05, 0) is 0 Å². The Balaban J connectivity index is 0. The number of rotatable bonds is 0. The summed E-state index contributed by atoms with van der Waals surface area (Å²) in [6.45, 7) is 0. The van der Waals surface area contributed by atoms with Crippen molar-refractivity contribution in [3.8, 4) is 0 Å². The van der Waals surface area contributed by atoms with E-state index in [-0.39, 0.29) is 117 Å². The third-order valence-electron chi connectivity index (χ3n) is 0. The molecule has 0 aliphatic heterocycles. The zero-order chi connectivity index (χ0) is 0. The molecule has 48 valence electrons. The monoisotopic (exact) mass is 362 g/mol. The normalized spacial score (nSPS) is 0. The fourth-order valence-electron chi connectivity index (χ4n) is 0. The Bertz CT molecular complexity index is 12.9. The first-order chi connectivity index (χ1) is 0. The van der Waals surface area contributed by atoms with Gasteiger partial charge >= 0.3 is 37.1 Å². The summed E-state index contributed by atoms with van der Waals surface area (Å²) in [6, 6.07) is 0. The molecule has 5 nitrogen and oxygen atoms in total. The zero-order valence-corrected chi connectivity index (χ0v) is 11.6. The van der Waals surface area contributed by atoms with Crippen molar-refractivity contribution in [2.24, 2.45) is 0 Å². The predicted molar refractivity (Wildman–Crippen MR) is 3.43 cm³/mol. The molecule has 9 heteroatoms. The Morgan fingerprint density at radius 3 is 0.333 bits per heavy atom. The summed E-state index contributed by atoms with van der Waals surface area (Å²) in [6.07, 6.45) is 0. The van der Waals surface area contributed by atoms with Crippen LogP contribution in [0.4, 0.5) is 0 Å². The van der Waals surface area contributed by atoms with Crippen LogP contribution in [0.15, 0.2) is 0 Å². The van der Waals surface area contributed by atoms with Crippen LogP contribution < -0.4 is 0 Å². The SMILES string of the molecule is [O-2].[O-2].[O-2].[O-2].[O-2].[V+5].[V+5].[Zr].[Zr]. The van der Waals surface area contributed by atoms with Crippen molar-refractivity contribution in [1.29, 1.82) is 0 Å². The van der Waals surface area contributed by atoms with Crippen molar-refractivity contribution in [1.82, 2.24) is 0 Å². The summed E-state index contributed by atoms with van der Waals surface area (Å²) in [5.41, 5.74) is 0. The molecule has 0 aromatic heterocycles. The molecule has 0 amide bonds. The second kappa shape index (κ2) is 136. The molecule has 0 aliphatic rings. The Morgan fingerprint density at radius 1 is 0.333 bits per heavy atom. The molecule has 0 fully saturated rings. The zero-order valence-electron chi connectivity index (χ0n) is 3.94. The topological polar surface area (TPSA) is 142 Å². The first-order valence-electron chi connectivity index (χ1n) is 0. The molecule has 0 heterocycles. The summed E-state index contributed by atoms with van der Waals surface area (Å²) in [5, 5.41) is 0. The summed E-state index contributed by atoms with van der Waals surface area (Å²) in [5.74, 6) is 0. The van der Waals surface area contributed by atoms with Gasteiger partial charge in [-0.1, -0.05) is 0 Å². The number of hydrogen-bond acceptors (Lipinski definition) is 0. The van der Waals surface area contributed by atoms with E-state index >= 15 is 0 Å². The van der Waals surface area contributed by atoms with Crippen molar-refractivity contribution < 1.29 is 117 Å². The molecular weight excluding hydrogens is 364 g/mol. The Hall–Kier alpha value is 2.74. The van der Waals surface area contributed by atoms with Crippen LogP contribution >= 0.6 is 0 Å². The smallest absolute Gasteiger partial charge is 2.00 e. The first kappa shape index (κ1) is 181. The van der Waals surface area contributed by atoms with Crippen LogP contribution in [-0.2, 0) is 117 Å². The molecule has 0 aromatic carbocycles. The van der Waals surface area contributed by atoms with Crippen molar-refractivity contribution in [2.75, 3.05) is 0 Å². The van der Waals surface area contributed by atoms with Crippen LogP contribution in [0.25, 0.3) is 0 Å². The number of hydrogen-bond donors (Lipinski definition) is 0. The Labute approximate surface area is 115 Å². The molecule has 0 unspecified atom stereocenters. The second-order valence-electron chi connectivity index (χ2n) is 0. The standard InChI is InChI=1S/5O.2V.2Zr/q5*-2;2*+5;;. The molecule has 0 saturated heterocycles. The maximum absolute atomic E-state index is 0. The van der Waals surface area contributed by atoms with E-state index in [2.05, 4.69) is 0 Å². The van der Waals surface area contributed by atoms with Gasteiger partial charge in [-0.25, -0.2) is 0 Å². The predicted octanol–water partition coefficient (Wildman–Crippen LogP) is -0.604. The van der Waals surface area contributed by atoms with Crippen LogP contribution in [0.2, 0.25) is 0 Å². The molecule has 0 bridgehead atoms. The molecular formula is O5V2Zr2. The van der Waals surface area contributed by atoms with E-state index in [1.54, 1.807) is 0 Å². The van der Waals surface area contributed by atoms with Gasteiger partial charge in [0.1, 0.15) is 0 Å². The largest absolute Gasteiger partial charge is 5.00 e. The maximum Gasteiger partial charge on any atom is 5.00 e. The van der Waals surface area contributed by atoms with E-state index in [9.17, 15) is 0 Å². The summed E-state index contributed by atoms with van der Waals surface area (Å²) < 4.78 is 0.